The molecule has 82 valence electrons. The van der Waals surface area contributed by atoms with E-state index in [0.717, 1.165) is 0 Å². The van der Waals surface area contributed by atoms with E-state index in [1.54, 1.807) is 13.8 Å². The van der Waals surface area contributed by atoms with Gasteiger partial charge in [0.25, 0.3) is 0 Å². The van der Waals surface area contributed by atoms with Crippen LogP contribution < -0.4 is 10.5 Å². The molecule has 0 spiro atoms. The van der Waals surface area contributed by atoms with E-state index in [1.165, 1.54) is 13.3 Å². The van der Waals surface area contributed by atoms with Crippen molar-refractivity contribution in [3.8, 4) is 5.88 Å². The molecular weight excluding hydrogens is 196 g/mol. The van der Waals surface area contributed by atoms with E-state index in [4.69, 9.17) is 15.2 Å². The third-order valence-corrected chi connectivity index (χ3v) is 2.01. The molecule has 5 nitrogen and oxygen atoms in total. The Balaban J connectivity index is 3.11. The van der Waals surface area contributed by atoms with E-state index < -0.39 is 5.97 Å². The van der Waals surface area contributed by atoms with Crippen LogP contribution in [0.5, 0.6) is 5.88 Å². The molecule has 0 aliphatic rings. The Hall–Kier alpha value is -1.78. The minimum absolute atomic E-state index is 0.273. The molecule has 0 fully saturated rings. The summed E-state index contributed by atoms with van der Waals surface area (Å²) in [4.78, 5) is 15.4. The fourth-order valence-corrected chi connectivity index (χ4v) is 1.18. The van der Waals surface area contributed by atoms with E-state index in [9.17, 15) is 4.79 Å². The van der Waals surface area contributed by atoms with Gasteiger partial charge < -0.3 is 15.2 Å². The molecule has 0 bridgehead atoms. The van der Waals surface area contributed by atoms with Crippen LogP contribution in [0.3, 0.4) is 0 Å². The van der Waals surface area contributed by atoms with E-state index in [-0.39, 0.29) is 5.56 Å². The Morgan fingerprint density at radius 3 is 2.80 bits per heavy atom. The van der Waals surface area contributed by atoms with Crippen molar-refractivity contribution in [2.24, 2.45) is 0 Å². The van der Waals surface area contributed by atoms with Gasteiger partial charge in [0.15, 0.2) is 0 Å². The lowest BCUT2D eigenvalue weighted by molar-refractivity contribution is 0.0527. The number of rotatable bonds is 3. The highest BCUT2D eigenvalue weighted by atomic mass is 16.5. The second-order valence-corrected chi connectivity index (χ2v) is 2.94. The molecule has 1 rings (SSSR count). The van der Waals surface area contributed by atoms with Gasteiger partial charge in [-0.15, -0.1) is 0 Å². The molecule has 0 unspecified atom stereocenters. The number of ether oxygens (including phenoxy) is 2. The van der Waals surface area contributed by atoms with E-state index in [2.05, 4.69) is 4.98 Å². The van der Waals surface area contributed by atoms with Crippen molar-refractivity contribution in [2.45, 2.75) is 13.8 Å². The molecule has 0 radical (unpaired) electrons. The second kappa shape index (κ2) is 4.63. The molecule has 0 aliphatic carbocycles. The number of esters is 1. The normalized spacial score (nSPS) is 9.80. The van der Waals surface area contributed by atoms with Gasteiger partial charge in [-0.2, -0.15) is 0 Å². The summed E-state index contributed by atoms with van der Waals surface area (Å²) in [6, 6.07) is 0. The summed E-state index contributed by atoms with van der Waals surface area (Å²) in [7, 11) is 1.50. The summed E-state index contributed by atoms with van der Waals surface area (Å²) in [6.07, 6.45) is 1.36. The van der Waals surface area contributed by atoms with Crippen molar-refractivity contribution >= 4 is 11.7 Å². The highest BCUT2D eigenvalue weighted by molar-refractivity contribution is 5.95. The zero-order valence-corrected chi connectivity index (χ0v) is 9.03. The summed E-state index contributed by atoms with van der Waals surface area (Å²) in [5.74, 6) is -0.0474. The monoisotopic (exact) mass is 210 g/mol. The van der Waals surface area contributed by atoms with E-state index in [1.807, 2.05) is 0 Å². The zero-order valence-electron chi connectivity index (χ0n) is 9.03. The van der Waals surface area contributed by atoms with Gasteiger partial charge in [0.05, 0.1) is 19.4 Å². The van der Waals surface area contributed by atoms with Crippen molar-refractivity contribution in [3.05, 3.63) is 17.3 Å². The largest absolute Gasteiger partial charge is 0.481 e. The molecule has 0 saturated heterocycles. The van der Waals surface area contributed by atoms with Crippen molar-refractivity contribution in [3.63, 3.8) is 0 Å². The number of carbonyl (C=O) groups excluding carboxylic acids is 1. The topological polar surface area (TPSA) is 74.4 Å². The molecule has 1 heterocycles. The predicted octanol–water partition coefficient (Wildman–Crippen LogP) is 1.16. The van der Waals surface area contributed by atoms with Crippen LogP contribution in [0.4, 0.5) is 5.69 Å². The first-order valence-electron chi connectivity index (χ1n) is 4.58. The summed E-state index contributed by atoms with van der Waals surface area (Å²) in [5, 5.41) is 0. The summed E-state index contributed by atoms with van der Waals surface area (Å²) in [5.41, 5.74) is 7.03. The first-order chi connectivity index (χ1) is 7.11. The standard InChI is InChI=1S/C10H14N2O3/c1-4-15-10(13)7-5-12-9(14-3)6(2)8(7)11/h5H,4H2,1-3H3,(H2,11,12). The molecule has 0 aromatic carbocycles. The molecule has 1 aromatic heterocycles. The van der Waals surface area contributed by atoms with Gasteiger partial charge in [-0.3, -0.25) is 0 Å². The molecule has 0 amide bonds. The quantitative estimate of drug-likeness (QED) is 0.757. The van der Waals surface area contributed by atoms with Crippen LogP contribution in [-0.2, 0) is 4.74 Å². The molecular formula is C10H14N2O3. The molecule has 0 aliphatic heterocycles. The fraction of sp³-hybridized carbons (Fsp3) is 0.400. The third kappa shape index (κ3) is 2.18. The van der Waals surface area contributed by atoms with Gasteiger partial charge in [0, 0.05) is 11.8 Å². The Morgan fingerprint density at radius 1 is 1.60 bits per heavy atom. The maximum atomic E-state index is 11.4. The number of hydrogen-bond donors (Lipinski definition) is 1. The SMILES string of the molecule is CCOC(=O)c1cnc(OC)c(C)c1N. The number of anilines is 1. The van der Waals surface area contributed by atoms with Gasteiger partial charge >= 0.3 is 5.97 Å². The van der Waals surface area contributed by atoms with Crippen molar-refractivity contribution < 1.29 is 14.3 Å². The lowest BCUT2D eigenvalue weighted by atomic mass is 10.1. The minimum Gasteiger partial charge on any atom is -0.481 e. The summed E-state index contributed by atoms with van der Waals surface area (Å²) in [6.45, 7) is 3.78. The predicted molar refractivity (Wildman–Crippen MR) is 55.9 cm³/mol. The van der Waals surface area contributed by atoms with Crippen LogP contribution in [0.15, 0.2) is 6.20 Å². The average Bonchev–Trinajstić information content (AvgIpc) is 2.22. The first kappa shape index (κ1) is 11.3. The van der Waals surface area contributed by atoms with Crippen molar-refractivity contribution in [1.82, 2.24) is 4.98 Å². The van der Waals surface area contributed by atoms with Crippen LogP contribution >= 0.6 is 0 Å². The number of pyridine rings is 1. The number of hydrogen-bond acceptors (Lipinski definition) is 5. The first-order valence-corrected chi connectivity index (χ1v) is 4.58. The molecule has 1 aromatic rings. The Bertz CT molecular complexity index is 377. The van der Waals surface area contributed by atoms with Crippen LogP contribution in [0.25, 0.3) is 0 Å². The molecule has 5 heteroatoms. The Morgan fingerprint density at radius 2 is 2.27 bits per heavy atom. The second-order valence-electron chi connectivity index (χ2n) is 2.94. The summed E-state index contributed by atoms with van der Waals surface area (Å²) >= 11 is 0. The number of nitrogen functional groups attached to an aromatic ring is 1. The maximum absolute atomic E-state index is 11.4. The van der Waals surface area contributed by atoms with Crippen LogP contribution in [0, 0.1) is 6.92 Å². The highest BCUT2D eigenvalue weighted by Gasteiger charge is 2.15. The maximum Gasteiger partial charge on any atom is 0.341 e. The minimum atomic E-state index is -0.465. The smallest absolute Gasteiger partial charge is 0.341 e. The molecule has 2 N–H and O–H groups in total. The molecule has 0 atom stereocenters. The number of aromatic nitrogens is 1. The number of nitrogens with zero attached hydrogens (tertiary/aromatic N) is 1. The molecule has 0 saturated carbocycles. The van der Waals surface area contributed by atoms with Gasteiger partial charge in [0.1, 0.15) is 5.56 Å². The van der Waals surface area contributed by atoms with Crippen LogP contribution in [-0.4, -0.2) is 24.7 Å². The average molecular weight is 210 g/mol. The Labute approximate surface area is 88.2 Å². The van der Waals surface area contributed by atoms with E-state index >= 15 is 0 Å². The lowest BCUT2D eigenvalue weighted by Crippen LogP contribution is -2.10. The van der Waals surface area contributed by atoms with Gasteiger partial charge in [-0.05, 0) is 13.8 Å². The van der Waals surface area contributed by atoms with Crippen LogP contribution in [0.1, 0.15) is 22.8 Å². The van der Waals surface area contributed by atoms with Crippen molar-refractivity contribution in [1.29, 1.82) is 0 Å². The highest BCUT2D eigenvalue weighted by Crippen LogP contribution is 2.24. The lowest BCUT2D eigenvalue weighted by Gasteiger charge is -2.09. The van der Waals surface area contributed by atoms with Gasteiger partial charge in [0.2, 0.25) is 5.88 Å². The number of carbonyl (C=O) groups is 1. The zero-order chi connectivity index (χ0) is 11.4. The third-order valence-electron chi connectivity index (χ3n) is 2.01. The number of methoxy groups -OCH3 is 1. The number of nitrogens with two attached hydrogens (primary N) is 1. The molecule has 15 heavy (non-hydrogen) atoms. The van der Waals surface area contributed by atoms with E-state index in [0.29, 0.717) is 23.7 Å². The van der Waals surface area contributed by atoms with Crippen LogP contribution in [0.2, 0.25) is 0 Å². The van der Waals surface area contributed by atoms with Crippen molar-refractivity contribution in [2.75, 3.05) is 19.5 Å². The fourth-order valence-electron chi connectivity index (χ4n) is 1.18. The van der Waals surface area contributed by atoms with Gasteiger partial charge in [-0.1, -0.05) is 0 Å². The Kier molecular flexibility index (Phi) is 3.49. The van der Waals surface area contributed by atoms with Gasteiger partial charge in [-0.25, -0.2) is 9.78 Å². The summed E-state index contributed by atoms with van der Waals surface area (Å²) < 4.78 is 9.81.